The van der Waals surface area contributed by atoms with Crippen molar-refractivity contribution < 1.29 is 0 Å². The van der Waals surface area contributed by atoms with E-state index in [0.29, 0.717) is 0 Å². The zero-order valence-electron chi connectivity index (χ0n) is 15.0. The van der Waals surface area contributed by atoms with Gasteiger partial charge in [-0.25, -0.2) is 14.6 Å². The summed E-state index contributed by atoms with van der Waals surface area (Å²) in [6, 6.07) is 9.19. The van der Waals surface area contributed by atoms with Crippen molar-refractivity contribution >= 4 is 0 Å². The molecule has 3 aromatic rings. The molecule has 0 fully saturated rings. The van der Waals surface area contributed by atoms with Crippen LogP contribution in [0.15, 0.2) is 36.7 Å². The number of hydrogen-bond acceptors (Lipinski definition) is 4. The lowest BCUT2D eigenvalue weighted by Gasteiger charge is -2.26. The molecule has 0 aliphatic carbocycles. The van der Waals surface area contributed by atoms with E-state index in [-0.39, 0.29) is 12.1 Å². The minimum atomic E-state index is 0.256. The summed E-state index contributed by atoms with van der Waals surface area (Å²) in [5.74, 6) is 2.92. The van der Waals surface area contributed by atoms with Gasteiger partial charge in [-0.15, -0.1) is 0 Å². The third-order valence-electron chi connectivity index (χ3n) is 4.93. The number of fused-ring (bicyclic) bond motifs is 1. The Bertz CT molecular complexity index is 860. The Morgan fingerprint density at radius 2 is 2.00 bits per heavy atom. The highest BCUT2D eigenvalue weighted by atomic mass is 15.4. The topological polar surface area (TPSA) is 60.6 Å². The van der Waals surface area contributed by atoms with Gasteiger partial charge >= 0.3 is 0 Å². The molecule has 0 saturated carbocycles. The largest absolute Gasteiger partial charge is 0.304 e. The van der Waals surface area contributed by atoms with E-state index in [1.807, 2.05) is 30.9 Å². The highest BCUT2D eigenvalue weighted by molar-refractivity contribution is 5.36. The Morgan fingerprint density at radius 3 is 2.72 bits per heavy atom. The number of hydrogen-bond donors (Lipinski definition) is 1. The smallest absolute Gasteiger partial charge is 0.147 e. The van der Waals surface area contributed by atoms with Crippen LogP contribution in [0.25, 0.3) is 5.69 Å². The van der Waals surface area contributed by atoms with Gasteiger partial charge in [-0.1, -0.05) is 12.1 Å². The van der Waals surface area contributed by atoms with Crippen molar-refractivity contribution in [2.75, 3.05) is 0 Å². The quantitative estimate of drug-likeness (QED) is 0.794. The van der Waals surface area contributed by atoms with E-state index in [1.165, 1.54) is 5.56 Å². The third-order valence-corrected chi connectivity index (χ3v) is 4.93. The zero-order chi connectivity index (χ0) is 17.4. The van der Waals surface area contributed by atoms with E-state index in [2.05, 4.69) is 56.1 Å². The van der Waals surface area contributed by atoms with Gasteiger partial charge in [0.2, 0.25) is 0 Å². The lowest BCUT2D eigenvalue weighted by Crippen LogP contribution is -2.30. The minimum absolute atomic E-state index is 0.256. The second kappa shape index (κ2) is 6.44. The second-order valence-electron chi connectivity index (χ2n) is 6.76. The maximum absolute atomic E-state index is 4.62. The first-order valence-corrected chi connectivity index (χ1v) is 8.89. The predicted molar refractivity (Wildman–Crippen MR) is 96.6 cm³/mol. The molecule has 0 amide bonds. The Balaban J connectivity index is 1.50. The van der Waals surface area contributed by atoms with Gasteiger partial charge < -0.3 is 9.88 Å². The van der Waals surface area contributed by atoms with Crippen molar-refractivity contribution in [2.45, 2.75) is 52.2 Å². The fraction of sp³-hybridized carbons (Fsp3) is 0.421. The maximum atomic E-state index is 4.62. The van der Waals surface area contributed by atoms with Gasteiger partial charge in [0, 0.05) is 30.7 Å². The van der Waals surface area contributed by atoms with E-state index < -0.39 is 0 Å². The van der Waals surface area contributed by atoms with Gasteiger partial charge in [0.1, 0.15) is 17.5 Å². The summed E-state index contributed by atoms with van der Waals surface area (Å²) in [5.41, 5.74) is 2.41. The minimum Gasteiger partial charge on any atom is -0.304 e. The fourth-order valence-corrected chi connectivity index (χ4v) is 3.60. The van der Waals surface area contributed by atoms with E-state index in [1.54, 1.807) is 0 Å². The molecule has 0 spiro atoms. The van der Waals surface area contributed by atoms with E-state index in [4.69, 9.17) is 0 Å². The van der Waals surface area contributed by atoms with Crippen LogP contribution in [0.4, 0.5) is 0 Å². The van der Waals surface area contributed by atoms with Crippen LogP contribution < -0.4 is 5.32 Å². The van der Waals surface area contributed by atoms with Gasteiger partial charge in [-0.05, 0) is 51.3 Å². The van der Waals surface area contributed by atoms with Crippen LogP contribution in [0.3, 0.4) is 0 Å². The molecule has 2 aromatic heterocycles. The molecule has 130 valence electrons. The monoisotopic (exact) mass is 336 g/mol. The summed E-state index contributed by atoms with van der Waals surface area (Å²) in [5, 5.41) is 8.21. The molecule has 0 bridgehead atoms. The van der Waals surface area contributed by atoms with Gasteiger partial charge in [-0.2, -0.15) is 5.10 Å². The van der Waals surface area contributed by atoms with Gasteiger partial charge in [0.25, 0.3) is 0 Å². The van der Waals surface area contributed by atoms with Crippen LogP contribution in [-0.4, -0.2) is 24.3 Å². The lowest BCUT2D eigenvalue weighted by atomic mass is 10.0. The number of nitrogens with one attached hydrogen (secondary N) is 1. The van der Waals surface area contributed by atoms with Crippen molar-refractivity contribution in [2.24, 2.45) is 0 Å². The van der Waals surface area contributed by atoms with E-state index in [0.717, 1.165) is 42.5 Å². The molecule has 6 heteroatoms. The maximum Gasteiger partial charge on any atom is 0.147 e. The predicted octanol–water partition coefficient (Wildman–Crippen LogP) is 3.27. The first kappa shape index (κ1) is 16.0. The standard InChI is InChI=1S/C19H24N6/c1-13(21-18-5-4-11-25-19(18)22-14(2)23-25)16-6-8-17(9-7-16)24-12-10-20-15(24)3/h6-10,12-13,18,21H,4-5,11H2,1-3H3/t13-,18-/m1/s1. The lowest BCUT2D eigenvalue weighted by molar-refractivity contribution is 0.344. The summed E-state index contributed by atoms with van der Waals surface area (Å²) >= 11 is 0. The number of aryl methyl sites for hydroxylation is 3. The Hall–Kier alpha value is -2.47. The van der Waals surface area contributed by atoms with Crippen molar-refractivity contribution in [3.63, 3.8) is 0 Å². The molecule has 25 heavy (non-hydrogen) atoms. The zero-order valence-corrected chi connectivity index (χ0v) is 15.0. The van der Waals surface area contributed by atoms with Crippen molar-refractivity contribution in [3.8, 4) is 5.69 Å². The molecule has 6 nitrogen and oxygen atoms in total. The molecule has 1 aliphatic heterocycles. The summed E-state index contributed by atoms with van der Waals surface area (Å²) in [6.07, 6.45) is 6.06. The summed E-state index contributed by atoms with van der Waals surface area (Å²) in [6.45, 7) is 7.16. The third kappa shape index (κ3) is 3.09. The van der Waals surface area contributed by atoms with Crippen LogP contribution in [0.1, 0.15) is 54.9 Å². The van der Waals surface area contributed by atoms with Crippen LogP contribution in [0, 0.1) is 13.8 Å². The molecule has 0 saturated heterocycles. The summed E-state index contributed by atoms with van der Waals surface area (Å²) in [4.78, 5) is 8.90. The molecule has 2 atom stereocenters. The van der Waals surface area contributed by atoms with Crippen LogP contribution in [0.5, 0.6) is 0 Å². The first-order valence-electron chi connectivity index (χ1n) is 8.89. The number of imidazole rings is 1. The number of benzene rings is 1. The number of nitrogens with zero attached hydrogens (tertiary/aromatic N) is 5. The van der Waals surface area contributed by atoms with Crippen LogP contribution in [0.2, 0.25) is 0 Å². The van der Waals surface area contributed by atoms with Gasteiger partial charge in [0.15, 0.2) is 0 Å². The normalized spacial score (nSPS) is 18.1. The Labute approximate surface area is 147 Å². The molecular formula is C19H24N6. The number of rotatable bonds is 4. The van der Waals surface area contributed by atoms with E-state index in [9.17, 15) is 0 Å². The average Bonchev–Trinajstić information content (AvgIpc) is 3.20. The molecule has 0 unspecified atom stereocenters. The highest BCUT2D eigenvalue weighted by Gasteiger charge is 2.25. The van der Waals surface area contributed by atoms with E-state index >= 15 is 0 Å². The SMILES string of the molecule is Cc1nc2n(n1)CCC[C@H]2N[C@H](C)c1ccc(-n2ccnc2C)cc1. The highest BCUT2D eigenvalue weighted by Crippen LogP contribution is 2.27. The molecule has 1 N–H and O–H groups in total. The van der Waals surface area contributed by atoms with Crippen molar-refractivity contribution in [1.29, 1.82) is 0 Å². The second-order valence-corrected chi connectivity index (χ2v) is 6.76. The summed E-state index contributed by atoms with van der Waals surface area (Å²) in [7, 11) is 0. The molecule has 4 rings (SSSR count). The van der Waals surface area contributed by atoms with Crippen LogP contribution >= 0.6 is 0 Å². The molecule has 1 aromatic carbocycles. The molecule has 0 radical (unpaired) electrons. The average molecular weight is 336 g/mol. The molecule has 1 aliphatic rings. The van der Waals surface area contributed by atoms with Crippen molar-refractivity contribution in [3.05, 3.63) is 59.7 Å². The Morgan fingerprint density at radius 1 is 1.20 bits per heavy atom. The Kier molecular flexibility index (Phi) is 4.13. The fourth-order valence-electron chi connectivity index (χ4n) is 3.60. The summed E-state index contributed by atoms with van der Waals surface area (Å²) < 4.78 is 4.14. The van der Waals surface area contributed by atoms with Gasteiger partial charge in [0.05, 0.1) is 6.04 Å². The van der Waals surface area contributed by atoms with Gasteiger partial charge in [-0.3, -0.25) is 0 Å². The first-order chi connectivity index (χ1) is 12.1. The number of aromatic nitrogens is 5. The van der Waals surface area contributed by atoms with Crippen LogP contribution in [-0.2, 0) is 6.54 Å². The molecule has 3 heterocycles. The van der Waals surface area contributed by atoms with Crippen molar-refractivity contribution in [1.82, 2.24) is 29.6 Å². The molecular weight excluding hydrogens is 312 g/mol.